The molecule has 2 unspecified atom stereocenters. The lowest BCUT2D eigenvalue weighted by molar-refractivity contribution is 0.318. The van der Waals surface area contributed by atoms with Crippen LogP contribution in [0.3, 0.4) is 0 Å². The van der Waals surface area contributed by atoms with Crippen LogP contribution in [-0.2, 0) is 0 Å². The Bertz CT molecular complexity index is 435. The van der Waals surface area contributed by atoms with Crippen molar-refractivity contribution < 1.29 is 9.47 Å². The van der Waals surface area contributed by atoms with Crippen LogP contribution >= 0.6 is 11.6 Å². The maximum absolute atomic E-state index is 6.34. The minimum atomic E-state index is 0.216. The van der Waals surface area contributed by atoms with Crippen molar-refractivity contribution in [3.05, 3.63) is 22.7 Å². The standard InChI is InChI=1S/C17H28ClNO2/c1-5-13(9-8-12(4)19)14-10-15(18)17(21-7-3)11-16(14)20-6-2/h10-13H,5-9,19H2,1-4H3. The first-order valence-electron chi connectivity index (χ1n) is 7.87. The lowest BCUT2D eigenvalue weighted by Crippen LogP contribution is -2.16. The third-order valence-electron chi connectivity index (χ3n) is 3.57. The van der Waals surface area contributed by atoms with Crippen molar-refractivity contribution in [2.24, 2.45) is 5.73 Å². The zero-order chi connectivity index (χ0) is 15.8. The van der Waals surface area contributed by atoms with Gasteiger partial charge >= 0.3 is 0 Å². The molecule has 0 bridgehead atoms. The quantitative estimate of drug-likeness (QED) is 0.715. The van der Waals surface area contributed by atoms with Gasteiger partial charge in [0.05, 0.1) is 18.2 Å². The Kier molecular flexibility index (Phi) is 7.91. The number of ether oxygens (including phenoxy) is 2. The molecule has 0 spiro atoms. The Morgan fingerprint density at radius 3 is 2.19 bits per heavy atom. The first kappa shape index (κ1) is 18.1. The Morgan fingerprint density at radius 2 is 1.67 bits per heavy atom. The van der Waals surface area contributed by atoms with Crippen molar-refractivity contribution in [2.75, 3.05) is 13.2 Å². The van der Waals surface area contributed by atoms with Gasteiger partial charge in [0, 0.05) is 12.1 Å². The summed E-state index contributed by atoms with van der Waals surface area (Å²) in [7, 11) is 0. The van der Waals surface area contributed by atoms with Gasteiger partial charge < -0.3 is 15.2 Å². The van der Waals surface area contributed by atoms with Crippen molar-refractivity contribution in [1.82, 2.24) is 0 Å². The summed E-state index contributed by atoms with van der Waals surface area (Å²) in [5.41, 5.74) is 7.05. The third-order valence-corrected chi connectivity index (χ3v) is 3.86. The van der Waals surface area contributed by atoms with Crippen molar-refractivity contribution in [2.45, 2.75) is 58.9 Å². The smallest absolute Gasteiger partial charge is 0.141 e. The van der Waals surface area contributed by atoms with Gasteiger partial charge in [-0.1, -0.05) is 18.5 Å². The van der Waals surface area contributed by atoms with E-state index in [0.29, 0.717) is 29.9 Å². The molecule has 0 fully saturated rings. The number of hydrogen-bond donors (Lipinski definition) is 1. The molecule has 2 atom stereocenters. The summed E-state index contributed by atoms with van der Waals surface area (Å²) < 4.78 is 11.4. The second-order valence-electron chi connectivity index (χ2n) is 5.35. The van der Waals surface area contributed by atoms with E-state index >= 15 is 0 Å². The molecule has 1 rings (SSSR count). The molecule has 0 aliphatic carbocycles. The summed E-state index contributed by atoms with van der Waals surface area (Å²) in [5.74, 6) is 1.97. The highest BCUT2D eigenvalue weighted by Crippen LogP contribution is 2.39. The van der Waals surface area contributed by atoms with Crippen LogP contribution in [0.1, 0.15) is 58.4 Å². The molecule has 21 heavy (non-hydrogen) atoms. The maximum atomic E-state index is 6.34. The molecule has 0 aromatic heterocycles. The van der Waals surface area contributed by atoms with E-state index in [-0.39, 0.29) is 6.04 Å². The second kappa shape index (κ2) is 9.16. The Labute approximate surface area is 133 Å². The zero-order valence-corrected chi connectivity index (χ0v) is 14.4. The molecule has 3 nitrogen and oxygen atoms in total. The third kappa shape index (κ3) is 5.40. The summed E-state index contributed by atoms with van der Waals surface area (Å²) >= 11 is 6.34. The van der Waals surface area contributed by atoms with E-state index in [1.54, 1.807) is 0 Å². The molecule has 120 valence electrons. The molecule has 0 saturated heterocycles. The van der Waals surface area contributed by atoms with E-state index in [0.717, 1.165) is 30.6 Å². The van der Waals surface area contributed by atoms with Crippen molar-refractivity contribution in [3.63, 3.8) is 0 Å². The minimum Gasteiger partial charge on any atom is -0.493 e. The molecule has 0 aliphatic rings. The fourth-order valence-electron chi connectivity index (χ4n) is 2.46. The molecular weight excluding hydrogens is 286 g/mol. The van der Waals surface area contributed by atoms with Crippen LogP contribution in [0.5, 0.6) is 11.5 Å². The number of benzene rings is 1. The normalized spacial score (nSPS) is 13.8. The lowest BCUT2D eigenvalue weighted by Gasteiger charge is -2.21. The average Bonchev–Trinajstić information content (AvgIpc) is 2.44. The largest absolute Gasteiger partial charge is 0.493 e. The molecule has 0 heterocycles. The molecule has 0 saturated carbocycles. The topological polar surface area (TPSA) is 44.5 Å². The van der Waals surface area contributed by atoms with Crippen LogP contribution in [-0.4, -0.2) is 19.3 Å². The van der Waals surface area contributed by atoms with Crippen LogP contribution in [0.25, 0.3) is 0 Å². The fourth-order valence-corrected chi connectivity index (χ4v) is 2.69. The predicted octanol–water partition coefficient (Wildman–Crippen LogP) is 4.76. The average molecular weight is 314 g/mol. The second-order valence-corrected chi connectivity index (χ2v) is 5.75. The van der Waals surface area contributed by atoms with Gasteiger partial charge in [-0.15, -0.1) is 0 Å². The van der Waals surface area contributed by atoms with Gasteiger partial charge in [0.15, 0.2) is 0 Å². The minimum absolute atomic E-state index is 0.216. The fraction of sp³-hybridized carbons (Fsp3) is 0.647. The van der Waals surface area contributed by atoms with Gasteiger partial charge in [0.25, 0.3) is 0 Å². The number of rotatable bonds is 9. The SMILES string of the molecule is CCOc1cc(OCC)c(C(CC)CCC(C)N)cc1Cl. The Hall–Kier alpha value is -0.930. The summed E-state index contributed by atoms with van der Waals surface area (Å²) in [6.07, 6.45) is 3.07. The van der Waals surface area contributed by atoms with Gasteiger partial charge in [0.2, 0.25) is 0 Å². The molecule has 1 aromatic rings. The summed E-state index contributed by atoms with van der Waals surface area (Å²) in [6, 6.07) is 4.12. The molecule has 0 aliphatic heterocycles. The number of nitrogens with two attached hydrogens (primary N) is 1. The molecular formula is C17H28ClNO2. The highest BCUT2D eigenvalue weighted by atomic mass is 35.5. The highest BCUT2D eigenvalue weighted by Gasteiger charge is 2.18. The highest BCUT2D eigenvalue weighted by molar-refractivity contribution is 6.32. The first-order valence-corrected chi connectivity index (χ1v) is 8.25. The van der Waals surface area contributed by atoms with E-state index in [1.165, 1.54) is 0 Å². The van der Waals surface area contributed by atoms with Gasteiger partial charge in [-0.3, -0.25) is 0 Å². The Balaban J connectivity index is 3.09. The predicted molar refractivity (Wildman–Crippen MR) is 89.7 cm³/mol. The van der Waals surface area contributed by atoms with Gasteiger partial charge in [-0.2, -0.15) is 0 Å². The van der Waals surface area contributed by atoms with Crippen LogP contribution in [0.15, 0.2) is 12.1 Å². The van der Waals surface area contributed by atoms with Crippen LogP contribution < -0.4 is 15.2 Å². The lowest BCUT2D eigenvalue weighted by atomic mass is 9.90. The molecule has 2 N–H and O–H groups in total. The summed E-state index contributed by atoms with van der Waals surface area (Å²) in [5, 5.41) is 0.648. The summed E-state index contributed by atoms with van der Waals surface area (Å²) in [4.78, 5) is 0. The van der Waals surface area contributed by atoms with Crippen molar-refractivity contribution >= 4 is 11.6 Å². The monoisotopic (exact) mass is 313 g/mol. The van der Waals surface area contributed by atoms with Gasteiger partial charge in [0.1, 0.15) is 11.5 Å². The number of hydrogen-bond acceptors (Lipinski definition) is 3. The van der Waals surface area contributed by atoms with E-state index in [4.69, 9.17) is 26.8 Å². The maximum Gasteiger partial charge on any atom is 0.141 e. The molecule has 0 radical (unpaired) electrons. The van der Waals surface area contributed by atoms with Crippen LogP contribution in [0.2, 0.25) is 5.02 Å². The Morgan fingerprint density at radius 1 is 1.05 bits per heavy atom. The molecule has 1 aromatic carbocycles. The van der Waals surface area contributed by atoms with E-state index in [1.807, 2.05) is 32.9 Å². The molecule has 0 amide bonds. The van der Waals surface area contributed by atoms with Crippen molar-refractivity contribution in [1.29, 1.82) is 0 Å². The zero-order valence-electron chi connectivity index (χ0n) is 13.6. The van der Waals surface area contributed by atoms with Gasteiger partial charge in [-0.25, -0.2) is 0 Å². The van der Waals surface area contributed by atoms with E-state index in [9.17, 15) is 0 Å². The van der Waals surface area contributed by atoms with E-state index < -0.39 is 0 Å². The first-order chi connectivity index (χ1) is 10.0. The van der Waals surface area contributed by atoms with Crippen LogP contribution in [0.4, 0.5) is 0 Å². The summed E-state index contributed by atoms with van der Waals surface area (Å²) in [6.45, 7) is 9.38. The van der Waals surface area contributed by atoms with E-state index in [2.05, 4.69) is 6.92 Å². The number of halogens is 1. The van der Waals surface area contributed by atoms with Crippen LogP contribution in [0, 0.1) is 0 Å². The molecule has 4 heteroatoms. The van der Waals surface area contributed by atoms with Crippen molar-refractivity contribution in [3.8, 4) is 11.5 Å². The van der Waals surface area contributed by atoms with Gasteiger partial charge in [-0.05, 0) is 57.6 Å².